The number of benzene rings is 2. The van der Waals surface area contributed by atoms with Crippen molar-refractivity contribution in [2.24, 2.45) is 0 Å². The number of fused-ring (bicyclic) bond motifs is 1. The van der Waals surface area contributed by atoms with Gasteiger partial charge in [-0.25, -0.2) is 9.78 Å². The number of nitro benzene ring substituents is 1. The molecule has 2 aromatic carbocycles. The normalized spacial score (nSPS) is 10.5. The minimum absolute atomic E-state index is 0.111. The number of nitrogens with zero attached hydrogens (tertiary/aromatic N) is 2. The van der Waals surface area contributed by atoms with Gasteiger partial charge in [-0.15, -0.1) is 0 Å². The summed E-state index contributed by atoms with van der Waals surface area (Å²) in [7, 11) is 0. The Labute approximate surface area is 164 Å². The lowest BCUT2D eigenvalue weighted by atomic mass is 10.1. The third kappa shape index (κ3) is 4.41. The second-order valence-corrected chi connectivity index (χ2v) is 6.31. The fraction of sp³-hybridized carbons (Fsp3) is 0.105. The van der Waals surface area contributed by atoms with Crippen LogP contribution < -0.4 is 5.32 Å². The highest BCUT2D eigenvalue weighted by Crippen LogP contribution is 2.22. The van der Waals surface area contributed by atoms with Crippen LogP contribution in [0.25, 0.3) is 10.9 Å². The van der Waals surface area contributed by atoms with Crippen molar-refractivity contribution in [2.45, 2.75) is 6.92 Å². The van der Waals surface area contributed by atoms with E-state index in [2.05, 4.69) is 10.3 Å². The maximum atomic E-state index is 12.2. The van der Waals surface area contributed by atoms with Gasteiger partial charge in [-0.3, -0.25) is 14.9 Å². The number of carbonyl (C=O) groups excluding carboxylic acids is 2. The molecule has 0 aliphatic rings. The molecule has 9 heteroatoms. The number of aromatic nitrogens is 1. The average Bonchev–Trinajstić information content (AvgIpc) is 2.67. The van der Waals surface area contributed by atoms with E-state index in [1.807, 2.05) is 0 Å². The number of ether oxygens (including phenoxy) is 1. The topological polar surface area (TPSA) is 111 Å². The number of aryl methyl sites for hydroxylation is 1. The van der Waals surface area contributed by atoms with Crippen LogP contribution in [0.3, 0.4) is 0 Å². The number of esters is 1. The molecule has 8 nitrogen and oxygen atoms in total. The molecule has 0 unspecified atom stereocenters. The molecule has 0 bridgehead atoms. The Morgan fingerprint density at radius 3 is 2.71 bits per heavy atom. The van der Waals surface area contributed by atoms with Crippen LogP contribution in [0.1, 0.15) is 15.9 Å². The lowest BCUT2D eigenvalue weighted by Gasteiger charge is -2.08. The monoisotopic (exact) mass is 399 g/mol. The third-order valence-corrected chi connectivity index (χ3v) is 4.13. The Morgan fingerprint density at radius 1 is 1.18 bits per heavy atom. The number of halogens is 1. The van der Waals surface area contributed by atoms with Crippen LogP contribution >= 0.6 is 11.6 Å². The summed E-state index contributed by atoms with van der Waals surface area (Å²) >= 11 is 5.82. The Morgan fingerprint density at radius 2 is 1.96 bits per heavy atom. The van der Waals surface area contributed by atoms with Gasteiger partial charge in [-0.2, -0.15) is 0 Å². The van der Waals surface area contributed by atoms with Gasteiger partial charge in [0.05, 0.1) is 16.0 Å². The molecule has 0 fully saturated rings. The second kappa shape index (κ2) is 8.01. The van der Waals surface area contributed by atoms with Gasteiger partial charge >= 0.3 is 5.97 Å². The van der Waals surface area contributed by atoms with Crippen molar-refractivity contribution in [3.8, 4) is 0 Å². The number of nitro groups is 1. The SMILES string of the molecule is Cc1ccc(NC(=O)COC(=O)c2ccc3nc(Cl)ccc3c2)cc1[N+](=O)[O-]. The van der Waals surface area contributed by atoms with E-state index < -0.39 is 23.4 Å². The molecule has 0 spiro atoms. The molecule has 1 N–H and O–H groups in total. The van der Waals surface area contributed by atoms with Gasteiger partial charge in [0.15, 0.2) is 6.61 Å². The minimum atomic E-state index is -0.679. The molecular weight excluding hydrogens is 386 g/mol. The maximum absolute atomic E-state index is 12.2. The van der Waals surface area contributed by atoms with E-state index in [4.69, 9.17) is 16.3 Å². The molecule has 0 radical (unpaired) electrons. The summed E-state index contributed by atoms with van der Waals surface area (Å²) in [4.78, 5) is 38.7. The van der Waals surface area contributed by atoms with Gasteiger partial charge in [-0.1, -0.05) is 17.7 Å². The molecule has 142 valence electrons. The molecule has 3 rings (SSSR count). The summed E-state index contributed by atoms with van der Waals surface area (Å²) in [6, 6.07) is 12.4. The molecule has 1 heterocycles. The van der Waals surface area contributed by atoms with E-state index in [-0.39, 0.29) is 16.9 Å². The highest BCUT2D eigenvalue weighted by Gasteiger charge is 2.14. The number of carbonyl (C=O) groups is 2. The summed E-state index contributed by atoms with van der Waals surface area (Å²) in [6.45, 7) is 1.07. The fourth-order valence-electron chi connectivity index (χ4n) is 2.52. The molecule has 0 saturated heterocycles. The van der Waals surface area contributed by atoms with Crippen LogP contribution in [-0.4, -0.2) is 28.4 Å². The quantitative estimate of drug-likeness (QED) is 0.301. The van der Waals surface area contributed by atoms with E-state index in [1.54, 1.807) is 31.2 Å². The van der Waals surface area contributed by atoms with Gasteiger partial charge < -0.3 is 10.1 Å². The average molecular weight is 400 g/mol. The van der Waals surface area contributed by atoms with E-state index in [0.717, 1.165) is 0 Å². The smallest absolute Gasteiger partial charge is 0.338 e. The zero-order chi connectivity index (χ0) is 20.3. The number of hydrogen-bond acceptors (Lipinski definition) is 6. The summed E-state index contributed by atoms with van der Waals surface area (Å²) in [5.74, 6) is -1.29. The van der Waals surface area contributed by atoms with Gasteiger partial charge in [0.25, 0.3) is 11.6 Å². The van der Waals surface area contributed by atoms with Gasteiger partial charge in [0.2, 0.25) is 0 Å². The summed E-state index contributed by atoms with van der Waals surface area (Å²) < 4.78 is 5.00. The first-order valence-electron chi connectivity index (χ1n) is 8.12. The van der Waals surface area contributed by atoms with E-state index in [1.165, 1.54) is 24.3 Å². The van der Waals surface area contributed by atoms with Crippen molar-refractivity contribution < 1.29 is 19.2 Å². The van der Waals surface area contributed by atoms with Crippen molar-refractivity contribution in [1.82, 2.24) is 4.98 Å². The van der Waals surface area contributed by atoms with Crippen LogP contribution in [0, 0.1) is 17.0 Å². The largest absolute Gasteiger partial charge is 0.452 e. The van der Waals surface area contributed by atoms with Crippen LogP contribution in [0.4, 0.5) is 11.4 Å². The number of pyridine rings is 1. The predicted octanol–water partition coefficient (Wildman–Crippen LogP) is 3.90. The molecule has 1 aromatic heterocycles. The van der Waals surface area contributed by atoms with Crippen LogP contribution in [-0.2, 0) is 9.53 Å². The zero-order valence-electron chi connectivity index (χ0n) is 14.6. The standard InChI is InChI=1S/C19H14ClN3O5/c1-11-2-5-14(9-16(11)23(26)27)21-18(24)10-28-19(25)13-3-6-15-12(8-13)4-7-17(20)22-15/h2-9H,10H2,1H3,(H,21,24). The summed E-state index contributed by atoms with van der Waals surface area (Å²) in [5.41, 5.74) is 1.49. The highest BCUT2D eigenvalue weighted by atomic mass is 35.5. The number of rotatable bonds is 5. The van der Waals surface area contributed by atoms with Crippen molar-refractivity contribution in [3.05, 3.63) is 74.9 Å². The second-order valence-electron chi connectivity index (χ2n) is 5.92. The van der Waals surface area contributed by atoms with E-state index in [9.17, 15) is 19.7 Å². The van der Waals surface area contributed by atoms with E-state index >= 15 is 0 Å². The Kier molecular flexibility index (Phi) is 5.51. The molecule has 0 saturated carbocycles. The predicted molar refractivity (Wildman–Crippen MR) is 103 cm³/mol. The number of hydrogen-bond donors (Lipinski definition) is 1. The Bertz CT molecular complexity index is 1100. The highest BCUT2D eigenvalue weighted by molar-refractivity contribution is 6.29. The lowest BCUT2D eigenvalue weighted by Crippen LogP contribution is -2.21. The zero-order valence-corrected chi connectivity index (χ0v) is 15.4. The van der Waals surface area contributed by atoms with Gasteiger partial charge in [0, 0.05) is 22.7 Å². The first-order chi connectivity index (χ1) is 13.3. The number of anilines is 1. The molecular formula is C19H14ClN3O5. The first-order valence-corrected chi connectivity index (χ1v) is 8.49. The van der Waals surface area contributed by atoms with E-state index in [0.29, 0.717) is 21.6 Å². The summed E-state index contributed by atoms with van der Waals surface area (Å²) in [6.07, 6.45) is 0. The minimum Gasteiger partial charge on any atom is -0.452 e. The molecule has 0 aliphatic carbocycles. The van der Waals surface area contributed by atoms with Crippen LogP contribution in [0.2, 0.25) is 5.15 Å². The van der Waals surface area contributed by atoms with Crippen LogP contribution in [0.5, 0.6) is 0 Å². The van der Waals surface area contributed by atoms with Crippen LogP contribution in [0.15, 0.2) is 48.5 Å². The third-order valence-electron chi connectivity index (χ3n) is 3.91. The fourth-order valence-corrected chi connectivity index (χ4v) is 2.68. The molecule has 28 heavy (non-hydrogen) atoms. The van der Waals surface area contributed by atoms with Crippen molar-refractivity contribution >= 4 is 45.8 Å². The molecule has 0 atom stereocenters. The number of amides is 1. The van der Waals surface area contributed by atoms with Crippen molar-refractivity contribution in [2.75, 3.05) is 11.9 Å². The Hall–Kier alpha value is -3.52. The lowest BCUT2D eigenvalue weighted by molar-refractivity contribution is -0.385. The van der Waals surface area contributed by atoms with Gasteiger partial charge in [-0.05, 0) is 43.3 Å². The molecule has 1 amide bonds. The van der Waals surface area contributed by atoms with Gasteiger partial charge in [0.1, 0.15) is 5.15 Å². The maximum Gasteiger partial charge on any atom is 0.338 e. The molecule has 3 aromatic rings. The number of nitrogens with one attached hydrogen (secondary N) is 1. The van der Waals surface area contributed by atoms with Crippen molar-refractivity contribution in [1.29, 1.82) is 0 Å². The van der Waals surface area contributed by atoms with Crippen molar-refractivity contribution in [3.63, 3.8) is 0 Å². The first kappa shape index (κ1) is 19.2. The molecule has 0 aliphatic heterocycles. The summed E-state index contributed by atoms with van der Waals surface area (Å²) in [5, 5.41) is 14.5. The Balaban J connectivity index is 1.63.